The lowest BCUT2D eigenvalue weighted by Crippen LogP contribution is -2.15. The van der Waals surface area contributed by atoms with Crippen LogP contribution in [0.15, 0.2) is 40.8 Å². The lowest BCUT2D eigenvalue weighted by molar-refractivity contribution is -0.116. The molecule has 0 radical (unpaired) electrons. The summed E-state index contributed by atoms with van der Waals surface area (Å²) < 4.78 is 5.52. The van der Waals surface area contributed by atoms with E-state index in [-0.39, 0.29) is 5.91 Å². The molecule has 0 saturated heterocycles. The zero-order valence-electron chi connectivity index (χ0n) is 13.5. The van der Waals surface area contributed by atoms with Crippen molar-refractivity contribution in [2.24, 2.45) is 5.92 Å². The monoisotopic (exact) mass is 300 g/mol. The Kier molecular flexibility index (Phi) is 5.78. The van der Waals surface area contributed by atoms with Gasteiger partial charge in [-0.3, -0.25) is 4.79 Å². The van der Waals surface area contributed by atoms with Gasteiger partial charge in [0.1, 0.15) is 11.5 Å². The summed E-state index contributed by atoms with van der Waals surface area (Å²) in [5.41, 5.74) is 1.98. The lowest BCUT2D eigenvalue weighted by Gasteiger charge is -2.09. The SMILES string of the molecule is Cc1ccc(CNCc2cccc(NC(=O)CC(C)C)c2)o1. The van der Waals surface area contributed by atoms with E-state index >= 15 is 0 Å². The quantitative estimate of drug-likeness (QED) is 0.816. The highest BCUT2D eigenvalue weighted by molar-refractivity contribution is 5.90. The Balaban J connectivity index is 1.84. The van der Waals surface area contributed by atoms with Crippen LogP contribution < -0.4 is 10.6 Å². The lowest BCUT2D eigenvalue weighted by atomic mass is 10.1. The summed E-state index contributed by atoms with van der Waals surface area (Å²) in [6, 6.07) is 11.8. The number of amides is 1. The van der Waals surface area contributed by atoms with Gasteiger partial charge in [-0.05, 0) is 42.7 Å². The molecule has 4 heteroatoms. The van der Waals surface area contributed by atoms with E-state index in [9.17, 15) is 4.79 Å². The first-order chi connectivity index (χ1) is 10.5. The minimum Gasteiger partial charge on any atom is -0.465 e. The van der Waals surface area contributed by atoms with E-state index in [1.807, 2.05) is 57.2 Å². The van der Waals surface area contributed by atoms with Crippen LogP contribution in [-0.4, -0.2) is 5.91 Å². The van der Waals surface area contributed by atoms with Crippen molar-refractivity contribution in [3.63, 3.8) is 0 Å². The Morgan fingerprint density at radius 3 is 2.68 bits per heavy atom. The van der Waals surface area contributed by atoms with Crippen molar-refractivity contribution in [1.29, 1.82) is 0 Å². The number of carbonyl (C=O) groups is 1. The number of aryl methyl sites for hydroxylation is 1. The molecule has 1 aromatic heterocycles. The number of anilines is 1. The van der Waals surface area contributed by atoms with Gasteiger partial charge in [-0.15, -0.1) is 0 Å². The van der Waals surface area contributed by atoms with Crippen LogP contribution >= 0.6 is 0 Å². The highest BCUT2D eigenvalue weighted by atomic mass is 16.3. The van der Waals surface area contributed by atoms with Crippen LogP contribution in [0.1, 0.15) is 37.4 Å². The van der Waals surface area contributed by atoms with Crippen molar-refractivity contribution >= 4 is 11.6 Å². The van der Waals surface area contributed by atoms with Crippen molar-refractivity contribution < 1.29 is 9.21 Å². The van der Waals surface area contributed by atoms with Crippen LogP contribution in [-0.2, 0) is 17.9 Å². The third-order valence-corrected chi connectivity index (χ3v) is 3.23. The molecule has 4 nitrogen and oxygen atoms in total. The number of hydrogen-bond acceptors (Lipinski definition) is 3. The molecule has 0 unspecified atom stereocenters. The van der Waals surface area contributed by atoms with Gasteiger partial charge in [-0.25, -0.2) is 0 Å². The molecule has 0 aliphatic heterocycles. The fourth-order valence-corrected chi connectivity index (χ4v) is 2.25. The zero-order chi connectivity index (χ0) is 15.9. The zero-order valence-corrected chi connectivity index (χ0v) is 13.5. The predicted octanol–water partition coefficient (Wildman–Crippen LogP) is 3.86. The van der Waals surface area contributed by atoms with Crippen LogP contribution in [0.2, 0.25) is 0 Å². The number of rotatable bonds is 7. The Hall–Kier alpha value is -2.07. The molecule has 118 valence electrons. The maximum Gasteiger partial charge on any atom is 0.224 e. The van der Waals surface area contributed by atoms with Gasteiger partial charge in [-0.1, -0.05) is 26.0 Å². The summed E-state index contributed by atoms with van der Waals surface area (Å²) in [5.74, 6) is 2.28. The Morgan fingerprint density at radius 2 is 2.00 bits per heavy atom. The topological polar surface area (TPSA) is 54.3 Å². The maximum absolute atomic E-state index is 11.8. The molecular weight excluding hydrogens is 276 g/mol. The number of nitrogens with one attached hydrogen (secondary N) is 2. The first-order valence-corrected chi connectivity index (χ1v) is 7.68. The van der Waals surface area contributed by atoms with E-state index < -0.39 is 0 Å². The molecule has 0 bridgehead atoms. The van der Waals surface area contributed by atoms with Crippen molar-refractivity contribution in [2.75, 3.05) is 5.32 Å². The van der Waals surface area contributed by atoms with Gasteiger partial charge in [0, 0.05) is 18.7 Å². The standard InChI is InChI=1S/C18H24N2O2/c1-13(2)9-18(21)20-16-6-4-5-15(10-16)11-19-12-17-8-7-14(3)22-17/h4-8,10,13,19H,9,11-12H2,1-3H3,(H,20,21). The second kappa shape index (κ2) is 7.80. The Bertz CT molecular complexity index is 617. The van der Waals surface area contributed by atoms with Crippen LogP contribution in [0.5, 0.6) is 0 Å². The number of hydrogen-bond donors (Lipinski definition) is 2. The molecule has 1 aromatic carbocycles. The highest BCUT2D eigenvalue weighted by Gasteiger charge is 2.05. The number of furan rings is 1. The van der Waals surface area contributed by atoms with E-state index in [2.05, 4.69) is 10.6 Å². The van der Waals surface area contributed by atoms with Crippen LogP contribution in [0.25, 0.3) is 0 Å². The van der Waals surface area contributed by atoms with E-state index in [0.717, 1.165) is 29.3 Å². The minimum absolute atomic E-state index is 0.0613. The third-order valence-electron chi connectivity index (χ3n) is 3.23. The van der Waals surface area contributed by atoms with E-state index in [1.54, 1.807) is 0 Å². The van der Waals surface area contributed by atoms with Gasteiger partial charge in [-0.2, -0.15) is 0 Å². The average Bonchev–Trinajstić information content (AvgIpc) is 2.84. The third kappa shape index (κ3) is 5.37. The fraction of sp³-hybridized carbons (Fsp3) is 0.389. The maximum atomic E-state index is 11.8. The molecule has 0 saturated carbocycles. The molecule has 0 aliphatic rings. The molecule has 2 rings (SSSR count). The fourth-order valence-electron chi connectivity index (χ4n) is 2.25. The summed E-state index contributed by atoms with van der Waals surface area (Å²) >= 11 is 0. The normalized spacial score (nSPS) is 10.9. The van der Waals surface area contributed by atoms with Crippen molar-refractivity contribution in [2.45, 2.75) is 40.3 Å². The minimum atomic E-state index is 0.0613. The molecule has 1 heterocycles. The molecule has 1 amide bonds. The average molecular weight is 300 g/mol. The molecule has 0 aliphatic carbocycles. The molecule has 2 aromatic rings. The van der Waals surface area contributed by atoms with Gasteiger partial charge < -0.3 is 15.1 Å². The highest BCUT2D eigenvalue weighted by Crippen LogP contribution is 2.13. The molecule has 0 atom stereocenters. The van der Waals surface area contributed by atoms with Crippen LogP contribution in [0.4, 0.5) is 5.69 Å². The van der Waals surface area contributed by atoms with Crippen LogP contribution in [0.3, 0.4) is 0 Å². The number of benzene rings is 1. The van der Waals surface area contributed by atoms with Gasteiger partial charge in [0.05, 0.1) is 6.54 Å². The van der Waals surface area contributed by atoms with Gasteiger partial charge in [0.25, 0.3) is 0 Å². The second-order valence-corrected chi connectivity index (χ2v) is 5.96. The molecule has 22 heavy (non-hydrogen) atoms. The van der Waals surface area contributed by atoms with E-state index in [0.29, 0.717) is 18.9 Å². The summed E-state index contributed by atoms with van der Waals surface area (Å²) in [5, 5.41) is 6.28. The van der Waals surface area contributed by atoms with Gasteiger partial charge >= 0.3 is 0 Å². The van der Waals surface area contributed by atoms with Crippen molar-refractivity contribution in [3.05, 3.63) is 53.5 Å². The summed E-state index contributed by atoms with van der Waals surface area (Å²) in [7, 11) is 0. The second-order valence-electron chi connectivity index (χ2n) is 5.96. The smallest absolute Gasteiger partial charge is 0.224 e. The summed E-state index contributed by atoms with van der Waals surface area (Å²) in [6.45, 7) is 7.44. The summed E-state index contributed by atoms with van der Waals surface area (Å²) in [6.07, 6.45) is 0.542. The molecular formula is C18H24N2O2. The van der Waals surface area contributed by atoms with Crippen molar-refractivity contribution in [1.82, 2.24) is 5.32 Å². The van der Waals surface area contributed by atoms with Crippen LogP contribution in [0, 0.1) is 12.8 Å². The van der Waals surface area contributed by atoms with Crippen molar-refractivity contribution in [3.8, 4) is 0 Å². The van der Waals surface area contributed by atoms with Gasteiger partial charge in [0.15, 0.2) is 0 Å². The molecule has 0 spiro atoms. The Morgan fingerprint density at radius 1 is 1.18 bits per heavy atom. The van der Waals surface area contributed by atoms with E-state index in [4.69, 9.17) is 4.42 Å². The van der Waals surface area contributed by atoms with Gasteiger partial charge in [0.2, 0.25) is 5.91 Å². The molecule has 2 N–H and O–H groups in total. The Labute approximate surface area is 131 Å². The first-order valence-electron chi connectivity index (χ1n) is 7.68. The predicted molar refractivity (Wildman–Crippen MR) is 88.5 cm³/mol. The number of carbonyl (C=O) groups excluding carboxylic acids is 1. The largest absolute Gasteiger partial charge is 0.465 e. The molecule has 0 fully saturated rings. The first kappa shape index (κ1) is 16.3. The summed E-state index contributed by atoms with van der Waals surface area (Å²) in [4.78, 5) is 11.8. The van der Waals surface area contributed by atoms with E-state index in [1.165, 1.54) is 0 Å².